The van der Waals surface area contributed by atoms with Crippen molar-refractivity contribution in [3.8, 4) is 0 Å². The molecule has 0 saturated carbocycles. The maximum Gasteiger partial charge on any atom is 0.163 e. The number of nitrogens with one attached hydrogen (secondary N) is 1. The standard InChI is InChI=1S/C14H20F2N2O/c1-17-13(8-18(2)10-6-7-19-9-10)11-4-3-5-12(15)14(11)16/h3-5,10,13,17H,6-9H2,1-2H3. The van der Waals surface area contributed by atoms with Gasteiger partial charge >= 0.3 is 0 Å². The van der Waals surface area contributed by atoms with Gasteiger partial charge in [0.25, 0.3) is 0 Å². The van der Waals surface area contributed by atoms with E-state index in [-0.39, 0.29) is 6.04 Å². The minimum absolute atomic E-state index is 0.235. The normalized spacial score (nSPS) is 21.0. The summed E-state index contributed by atoms with van der Waals surface area (Å²) in [5, 5.41) is 3.05. The highest BCUT2D eigenvalue weighted by molar-refractivity contribution is 5.23. The van der Waals surface area contributed by atoms with Crippen LogP contribution in [0.25, 0.3) is 0 Å². The van der Waals surface area contributed by atoms with Crippen molar-refractivity contribution in [1.29, 1.82) is 0 Å². The smallest absolute Gasteiger partial charge is 0.163 e. The predicted molar refractivity (Wildman–Crippen MR) is 70.0 cm³/mol. The maximum absolute atomic E-state index is 13.8. The number of benzene rings is 1. The molecule has 2 rings (SSSR count). The zero-order valence-corrected chi connectivity index (χ0v) is 11.3. The molecule has 0 aliphatic carbocycles. The summed E-state index contributed by atoms with van der Waals surface area (Å²) in [5.74, 6) is -1.57. The van der Waals surface area contributed by atoms with Crippen LogP contribution < -0.4 is 5.32 Å². The Labute approximate surface area is 112 Å². The minimum Gasteiger partial charge on any atom is -0.380 e. The summed E-state index contributed by atoms with van der Waals surface area (Å²) < 4.78 is 32.4. The van der Waals surface area contributed by atoms with Crippen molar-refractivity contribution in [3.63, 3.8) is 0 Å². The zero-order chi connectivity index (χ0) is 13.8. The van der Waals surface area contributed by atoms with E-state index in [1.165, 1.54) is 6.07 Å². The lowest BCUT2D eigenvalue weighted by Gasteiger charge is -2.28. The molecule has 1 heterocycles. The molecule has 19 heavy (non-hydrogen) atoms. The molecule has 0 radical (unpaired) electrons. The van der Waals surface area contributed by atoms with Crippen LogP contribution in [-0.2, 0) is 4.74 Å². The lowest BCUT2D eigenvalue weighted by molar-refractivity contribution is 0.153. The molecule has 1 aromatic carbocycles. The third-order valence-electron chi connectivity index (χ3n) is 3.70. The SMILES string of the molecule is CNC(CN(C)C1CCOC1)c1cccc(F)c1F. The van der Waals surface area contributed by atoms with Gasteiger partial charge < -0.3 is 10.1 Å². The van der Waals surface area contributed by atoms with Gasteiger partial charge in [0.15, 0.2) is 11.6 Å². The highest BCUT2D eigenvalue weighted by Crippen LogP contribution is 2.21. The summed E-state index contributed by atoms with van der Waals surface area (Å²) >= 11 is 0. The number of rotatable bonds is 5. The molecule has 3 nitrogen and oxygen atoms in total. The topological polar surface area (TPSA) is 24.5 Å². The molecule has 0 bridgehead atoms. The Morgan fingerprint density at radius 2 is 2.26 bits per heavy atom. The Kier molecular flexibility index (Phi) is 4.85. The summed E-state index contributed by atoms with van der Waals surface area (Å²) in [6.45, 7) is 2.09. The molecule has 106 valence electrons. The zero-order valence-electron chi connectivity index (χ0n) is 11.3. The molecule has 2 atom stereocenters. The Morgan fingerprint density at radius 3 is 2.89 bits per heavy atom. The van der Waals surface area contributed by atoms with Crippen LogP contribution >= 0.6 is 0 Å². The molecular formula is C14H20F2N2O. The minimum atomic E-state index is -0.801. The Morgan fingerprint density at radius 1 is 1.47 bits per heavy atom. The van der Waals surface area contributed by atoms with Gasteiger partial charge in [-0.2, -0.15) is 0 Å². The van der Waals surface area contributed by atoms with Crippen LogP contribution in [0.15, 0.2) is 18.2 Å². The first-order valence-electron chi connectivity index (χ1n) is 6.52. The number of halogens is 2. The van der Waals surface area contributed by atoms with E-state index in [1.807, 2.05) is 7.05 Å². The number of likely N-dealkylation sites (N-methyl/N-ethyl adjacent to an activating group) is 2. The second kappa shape index (κ2) is 6.41. The molecule has 1 aliphatic heterocycles. The van der Waals surface area contributed by atoms with Crippen LogP contribution in [0, 0.1) is 11.6 Å². The first kappa shape index (κ1) is 14.4. The third-order valence-corrected chi connectivity index (χ3v) is 3.70. The van der Waals surface area contributed by atoms with Crippen molar-refractivity contribution in [2.75, 3.05) is 33.9 Å². The molecule has 1 fully saturated rings. The van der Waals surface area contributed by atoms with Gasteiger partial charge in [0, 0.05) is 30.8 Å². The molecule has 0 aromatic heterocycles. The lowest BCUT2D eigenvalue weighted by atomic mass is 10.0. The highest BCUT2D eigenvalue weighted by Gasteiger charge is 2.24. The summed E-state index contributed by atoms with van der Waals surface area (Å²) in [6.07, 6.45) is 0.985. The quantitative estimate of drug-likeness (QED) is 0.885. The van der Waals surface area contributed by atoms with E-state index in [9.17, 15) is 8.78 Å². The Bertz CT molecular complexity index is 422. The van der Waals surface area contributed by atoms with E-state index < -0.39 is 11.6 Å². The average Bonchev–Trinajstić information content (AvgIpc) is 2.93. The number of nitrogens with zero attached hydrogens (tertiary/aromatic N) is 1. The first-order chi connectivity index (χ1) is 9.13. The maximum atomic E-state index is 13.8. The van der Waals surface area contributed by atoms with E-state index in [0.717, 1.165) is 19.1 Å². The van der Waals surface area contributed by atoms with Crippen molar-refractivity contribution in [2.24, 2.45) is 0 Å². The van der Waals surface area contributed by atoms with E-state index in [2.05, 4.69) is 10.2 Å². The largest absolute Gasteiger partial charge is 0.380 e. The van der Waals surface area contributed by atoms with Crippen LogP contribution in [0.4, 0.5) is 8.78 Å². The first-order valence-corrected chi connectivity index (χ1v) is 6.52. The predicted octanol–water partition coefficient (Wildman–Crippen LogP) is 1.95. The van der Waals surface area contributed by atoms with Crippen LogP contribution in [0.3, 0.4) is 0 Å². The van der Waals surface area contributed by atoms with Crippen LogP contribution in [-0.4, -0.2) is 44.8 Å². The van der Waals surface area contributed by atoms with Gasteiger partial charge in [-0.05, 0) is 26.6 Å². The Balaban J connectivity index is 2.08. The van der Waals surface area contributed by atoms with Crippen LogP contribution in [0.2, 0.25) is 0 Å². The molecule has 1 N–H and O–H groups in total. The fraction of sp³-hybridized carbons (Fsp3) is 0.571. The van der Waals surface area contributed by atoms with Gasteiger partial charge in [0.1, 0.15) is 0 Å². The molecule has 0 amide bonds. The molecule has 1 aliphatic rings. The van der Waals surface area contributed by atoms with Crippen molar-refractivity contribution in [1.82, 2.24) is 10.2 Å². The monoisotopic (exact) mass is 270 g/mol. The Hall–Kier alpha value is -1.04. The molecule has 2 unspecified atom stereocenters. The second-order valence-electron chi connectivity index (χ2n) is 4.94. The summed E-state index contributed by atoms with van der Waals surface area (Å²) in [7, 11) is 3.74. The fourth-order valence-corrected chi connectivity index (χ4v) is 2.44. The summed E-state index contributed by atoms with van der Waals surface area (Å²) in [4.78, 5) is 2.14. The molecular weight excluding hydrogens is 250 g/mol. The number of ether oxygens (including phenoxy) is 1. The fourth-order valence-electron chi connectivity index (χ4n) is 2.44. The lowest BCUT2D eigenvalue weighted by Crippen LogP contribution is -2.38. The number of hydrogen-bond acceptors (Lipinski definition) is 3. The van der Waals surface area contributed by atoms with Crippen molar-refractivity contribution in [3.05, 3.63) is 35.4 Å². The highest BCUT2D eigenvalue weighted by atomic mass is 19.2. The van der Waals surface area contributed by atoms with Gasteiger partial charge in [-0.3, -0.25) is 4.90 Å². The third kappa shape index (κ3) is 3.29. The van der Waals surface area contributed by atoms with Crippen molar-refractivity contribution in [2.45, 2.75) is 18.5 Å². The molecule has 1 saturated heterocycles. The van der Waals surface area contributed by atoms with Crippen molar-refractivity contribution >= 4 is 0 Å². The number of hydrogen-bond donors (Lipinski definition) is 1. The molecule has 1 aromatic rings. The van der Waals surface area contributed by atoms with Crippen LogP contribution in [0.5, 0.6) is 0 Å². The summed E-state index contributed by atoms with van der Waals surface area (Å²) in [6, 6.07) is 4.42. The van der Waals surface area contributed by atoms with E-state index in [1.54, 1.807) is 13.1 Å². The van der Waals surface area contributed by atoms with Crippen LogP contribution in [0.1, 0.15) is 18.0 Å². The summed E-state index contributed by atoms with van der Waals surface area (Å²) in [5.41, 5.74) is 0.369. The van der Waals surface area contributed by atoms with Crippen molar-refractivity contribution < 1.29 is 13.5 Å². The van der Waals surface area contributed by atoms with Gasteiger partial charge in [-0.25, -0.2) is 8.78 Å². The second-order valence-corrected chi connectivity index (χ2v) is 4.94. The average molecular weight is 270 g/mol. The van der Waals surface area contributed by atoms with E-state index >= 15 is 0 Å². The van der Waals surface area contributed by atoms with E-state index in [4.69, 9.17) is 4.74 Å². The van der Waals surface area contributed by atoms with Gasteiger partial charge in [-0.1, -0.05) is 12.1 Å². The molecule has 0 spiro atoms. The van der Waals surface area contributed by atoms with Gasteiger partial charge in [0.05, 0.1) is 6.61 Å². The van der Waals surface area contributed by atoms with Gasteiger partial charge in [-0.15, -0.1) is 0 Å². The van der Waals surface area contributed by atoms with Gasteiger partial charge in [0.2, 0.25) is 0 Å². The molecule has 5 heteroatoms. The van der Waals surface area contributed by atoms with E-state index in [0.29, 0.717) is 24.8 Å².